The molecule has 0 aliphatic carbocycles. The maximum Gasteiger partial charge on any atom is 0.241 e. The molecule has 0 fully saturated rings. The van der Waals surface area contributed by atoms with Crippen molar-refractivity contribution in [2.45, 2.75) is 31.4 Å². The Kier molecular flexibility index (Phi) is 4.40. The number of benzene rings is 1. The first-order chi connectivity index (χ1) is 9.83. The summed E-state index contributed by atoms with van der Waals surface area (Å²) < 4.78 is 45.5. The van der Waals surface area contributed by atoms with Gasteiger partial charge in [-0.05, 0) is 31.5 Å². The van der Waals surface area contributed by atoms with Gasteiger partial charge in [-0.2, -0.15) is 4.72 Å². The molecular weight excluding hydrogens is 299 g/mol. The van der Waals surface area contributed by atoms with Crippen molar-refractivity contribution in [3.8, 4) is 0 Å². The van der Waals surface area contributed by atoms with Crippen LogP contribution in [0.5, 0.6) is 0 Å². The van der Waals surface area contributed by atoms with Crippen LogP contribution in [0.15, 0.2) is 33.7 Å². The molecule has 1 heterocycles. The average Bonchev–Trinajstić information content (AvgIpc) is 2.85. The zero-order chi connectivity index (χ0) is 15.6. The van der Waals surface area contributed by atoms with Crippen molar-refractivity contribution < 1.29 is 22.3 Å². The number of oxazole rings is 1. The Morgan fingerprint density at radius 2 is 2.19 bits per heavy atom. The zero-order valence-electron chi connectivity index (χ0n) is 11.5. The van der Waals surface area contributed by atoms with Gasteiger partial charge in [0.05, 0.1) is 23.7 Å². The number of aliphatic hydroxyl groups is 1. The van der Waals surface area contributed by atoms with Crippen molar-refractivity contribution in [1.82, 2.24) is 9.71 Å². The second-order valence-electron chi connectivity index (χ2n) is 4.56. The summed E-state index contributed by atoms with van der Waals surface area (Å²) in [4.78, 5) is 3.63. The van der Waals surface area contributed by atoms with Gasteiger partial charge in [0.1, 0.15) is 11.6 Å². The van der Waals surface area contributed by atoms with Crippen molar-refractivity contribution in [2.75, 3.05) is 0 Å². The lowest BCUT2D eigenvalue weighted by Gasteiger charge is -2.13. The molecule has 1 aromatic carbocycles. The summed E-state index contributed by atoms with van der Waals surface area (Å²) in [6.07, 6.45) is 1.47. The molecule has 2 N–H and O–H groups in total. The first kappa shape index (κ1) is 15.6. The summed E-state index contributed by atoms with van der Waals surface area (Å²) >= 11 is 0. The lowest BCUT2D eigenvalue weighted by molar-refractivity contribution is 0.278. The molecule has 0 spiro atoms. The third-order valence-corrected chi connectivity index (χ3v) is 4.45. The molecule has 0 bridgehead atoms. The van der Waals surface area contributed by atoms with Gasteiger partial charge in [-0.15, -0.1) is 0 Å². The molecule has 1 unspecified atom stereocenters. The van der Waals surface area contributed by atoms with E-state index >= 15 is 0 Å². The Hall–Kier alpha value is -1.77. The average molecular weight is 314 g/mol. The van der Waals surface area contributed by atoms with Crippen LogP contribution in [0.3, 0.4) is 0 Å². The minimum absolute atomic E-state index is 0.111. The van der Waals surface area contributed by atoms with E-state index in [0.717, 1.165) is 12.1 Å². The SMILES string of the molecule is Cc1cnc(C(C)NS(=O)(=O)c2cc(F)ccc2CO)o1. The maximum atomic E-state index is 13.3. The molecule has 2 aromatic rings. The van der Waals surface area contributed by atoms with Gasteiger partial charge >= 0.3 is 0 Å². The number of aromatic nitrogens is 1. The summed E-state index contributed by atoms with van der Waals surface area (Å²) in [7, 11) is -4.01. The molecule has 0 aliphatic rings. The molecule has 1 aromatic heterocycles. The van der Waals surface area contributed by atoms with E-state index in [1.54, 1.807) is 13.8 Å². The van der Waals surface area contributed by atoms with Crippen molar-refractivity contribution >= 4 is 10.0 Å². The highest BCUT2D eigenvalue weighted by atomic mass is 32.2. The molecule has 0 saturated heterocycles. The van der Waals surface area contributed by atoms with Crippen molar-refractivity contribution in [3.63, 3.8) is 0 Å². The van der Waals surface area contributed by atoms with Gasteiger partial charge < -0.3 is 9.52 Å². The fourth-order valence-corrected chi connectivity index (χ4v) is 3.27. The summed E-state index contributed by atoms with van der Waals surface area (Å²) in [5, 5.41) is 9.18. The van der Waals surface area contributed by atoms with Crippen LogP contribution in [0.4, 0.5) is 4.39 Å². The number of rotatable bonds is 5. The molecular formula is C13H15FN2O4S. The third-order valence-electron chi connectivity index (χ3n) is 2.83. The number of nitrogens with one attached hydrogen (secondary N) is 1. The minimum atomic E-state index is -4.01. The predicted octanol–water partition coefficient (Wildman–Crippen LogP) is 1.65. The van der Waals surface area contributed by atoms with E-state index < -0.39 is 28.5 Å². The first-order valence-electron chi connectivity index (χ1n) is 6.17. The highest BCUT2D eigenvalue weighted by Gasteiger charge is 2.24. The van der Waals surface area contributed by atoms with E-state index in [1.807, 2.05) is 0 Å². The third kappa shape index (κ3) is 3.46. The maximum absolute atomic E-state index is 13.3. The van der Waals surface area contributed by atoms with Gasteiger partial charge in [0.15, 0.2) is 0 Å². The van der Waals surface area contributed by atoms with Gasteiger partial charge in [0.2, 0.25) is 15.9 Å². The van der Waals surface area contributed by atoms with Gasteiger partial charge in [0, 0.05) is 0 Å². The Labute approximate surface area is 121 Å². The van der Waals surface area contributed by atoms with Crippen LogP contribution in [0, 0.1) is 12.7 Å². The van der Waals surface area contributed by atoms with Crippen LogP contribution >= 0.6 is 0 Å². The van der Waals surface area contributed by atoms with Gasteiger partial charge in [0.25, 0.3) is 0 Å². The van der Waals surface area contributed by atoms with Crippen LogP contribution in [0.25, 0.3) is 0 Å². The van der Waals surface area contributed by atoms with Crippen molar-refractivity contribution in [3.05, 3.63) is 47.4 Å². The van der Waals surface area contributed by atoms with Crippen LogP contribution < -0.4 is 4.72 Å². The zero-order valence-corrected chi connectivity index (χ0v) is 12.3. The predicted molar refractivity (Wildman–Crippen MR) is 72.3 cm³/mol. The van der Waals surface area contributed by atoms with Gasteiger partial charge in [-0.1, -0.05) is 6.07 Å². The molecule has 1 atom stereocenters. The lowest BCUT2D eigenvalue weighted by Crippen LogP contribution is -2.28. The molecule has 0 radical (unpaired) electrons. The van der Waals surface area contributed by atoms with E-state index in [9.17, 15) is 17.9 Å². The summed E-state index contributed by atoms with van der Waals surface area (Å²) in [5.74, 6) is 0.0584. The van der Waals surface area contributed by atoms with Crippen LogP contribution in [-0.2, 0) is 16.6 Å². The first-order valence-corrected chi connectivity index (χ1v) is 7.65. The number of aryl methyl sites for hydroxylation is 1. The highest BCUT2D eigenvalue weighted by molar-refractivity contribution is 7.89. The fraction of sp³-hybridized carbons (Fsp3) is 0.308. The molecule has 114 valence electrons. The monoisotopic (exact) mass is 314 g/mol. The normalized spacial score (nSPS) is 13.3. The van der Waals surface area contributed by atoms with Crippen LogP contribution in [0.1, 0.15) is 30.2 Å². The molecule has 8 heteroatoms. The summed E-state index contributed by atoms with van der Waals surface area (Å²) in [6.45, 7) is 2.73. The largest absolute Gasteiger partial charge is 0.444 e. The molecule has 0 aliphatic heterocycles. The Morgan fingerprint density at radius 1 is 1.48 bits per heavy atom. The quantitative estimate of drug-likeness (QED) is 0.875. The van der Waals surface area contributed by atoms with Gasteiger partial charge in [-0.3, -0.25) is 0 Å². The summed E-state index contributed by atoms with van der Waals surface area (Å²) in [6, 6.07) is 2.45. The Morgan fingerprint density at radius 3 is 2.76 bits per heavy atom. The Bertz CT molecular complexity index is 742. The highest BCUT2D eigenvalue weighted by Crippen LogP contribution is 2.21. The number of sulfonamides is 1. The number of hydrogen-bond acceptors (Lipinski definition) is 5. The molecule has 0 saturated carbocycles. The smallest absolute Gasteiger partial charge is 0.241 e. The second-order valence-corrected chi connectivity index (χ2v) is 6.24. The van der Waals surface area contributed by atoms with Crippen molar-refractivity contribution in [1.29, 1.82) is 0 Å². The Balaban J connectivity index is 2.32. The number of nitrogens with zero attached hydrogens (tertiary/aromatic N) is 1. The molecule has 6 nitrogen and oxygen atoms in total. The van der Waals surface area contributed by atoms with Crippen molar-refractivity contribution in [2.24, 2.45) is 0 Å². The lowest BCUT2D eigenvalue weighted by atomic mass is 10.2. The number of halogens is 1. The fourth-order valence-electron chi connectivity index (χ4n) is 1.83. The van der Waals surface area contributed by atoms with E-state index in [-0.39, 0.29) is 16.3 Å². The topological polar surface area (TPSA) is 92.4 Å². The standard InChI is InChI=1S/C13H15FN2O4S/c1-8-6-15-13(20-8)9(2)16-21(18,19)12-5-11(14)4-3-10(12)7-17/h3-6,9,16-17H,7H2,1-2H3. The second kappa shape index (κ2) is 5.92. The van der Waals surface area contributed by atoms with E-state index in [2.05, 4.69) is 9.71 Å². The van der Waals surface area contributed by atoms with Crippen LogP contribution in [-0.4, -0.2) is 18.5 Å². The minimum Gasteiger partial charge on any atom is -0.444 e. The van der Waals surface area contributed by atoms with Crippen LogP contribution in [0.2, 0.25) is 0 Å². The van der Waals surface area contributed by atoms with E-state index in [4.69, 9.17) is 4.42 Å². The number of aliphatic hydroxyl groups excluding tert-OH is 1. The number of hydrogen-bond donors (Lipinski definition) is 2. The van der Waals surface area contributed by atoms with E-state index in [1.165, 1.54) is 12.3 Å². The summed E-state index contributed by atoms with van der Waals surface area (Å²) in [5.41, 5.74) is 0.111. The molecule has 21 heavy (non-hydrogen) atoms. The molecule has 0 amide bonds. The molecule has 2 rings (SSSR count). The van der Waals surface area contributed by atoms with Gasteiger partial charge in [-0.25, -0.2) is 17.8 Å². The van der Waals surface area contributed by atoms with E-state index in [0.29, 0.717) is 5.76 Å².